The van der Waals surface area contributed by atoms with Gasteiger partial charge in [-0.25, -0.2) is 4.98 Å². The lowest BCUT2D eigenvalue weighted by atomic mass is 9.80. The van der Waals surface area contributed by atoms with Gasteiger partial charge in [-0.2, -0.15) is 0 Å². The number of carbonyl (C=O) groups is 1. The Balaban J connectivity index is 1.89. The normalized spacial score (nSPS) is 14.9. The van der Waals surface area contributed by atoms with Gasteiger partial charge in [0.05, 0.1) is 5.69 Å². The summed E-state index contributed by atoms with van der Waals surface area (Å²) in [4.78, 5) is 15.4. The third-order valence-electron chi connectivity index (χ3n) is 3.78. The van der Waals surface area contributed by atoms with Crippen molar-refractivity contribution in [2.75, 3.05) is 0 Å². The van der Waals surface area contributed by atoms with Crippen LogP contribution >= 0.6 is 0 Å². The number of carbonyl (C=O) groups excluding carboxylic acids is 1. The molecule has 1 fully saturated rings. The Kier molecular flexibility index (Phi) is 3.03. The van der Waals surface area contributed by atoms with Crippen LogP contribution in [0.3, 0.4) is 0 Å². The average molecular weight is 252 g/mol. The molecule has 1 heterocycles. The highest BCUT2D eigenvalue weighted by Crippen LogP contribution is 2.36. The van der Waals surface area contributed by atoms with E-state index in [0.717, 1.165) is 17.2 Å². The molecule has 0 aliphatic heterocycles. The zero-order valence-corrected chi connectivity index (χ0v) is 10.7. The van der Waals surface area contributed by atoms with E-state index in [9.17, 15) is 4.79 Å². The van der Waals surface area contributed by atoms with Gasteiger partial charge in [0, 0.05) is 5.56 Å². The molecule has 0 bridgehead atoms. The number of nitrogens with two attached hydrogens (primary N) is 1. The highest BCUT2D eigenvalue weighted by atomic mass is 16.1. The average Bonchev–Trinajstić information content (AvgIpc) is 2.38. The van der Waals surface area contributed by atoms with Crippen molar-refractivity contribution in [1.82, 2.24) is 4.98 Å². The molecule has 0 radical (unpaired) electrons. The molecule has 0 unspecified atom stereocenters. The van der Waals surface area contributed by atoms with Gasteiger partial charge in [0.2, 0.25) is 0 Å². The molecular formula is C16H16N2O. The Labute approximate surface area is 112 Å². The van der Waals surface area contributed by atoms with Crippen molar-refractivity contribution in [2.24, 2.45) is 5.73 Å². The van der Waals surface area contributed by atoms with Crippen LogP contribution in [-0.2, 0) is 0 Å². The van der Waals surface area contributed by atoms with Gasteiger partial charge < -0.3 is 5.73 Å². The fourth-order valence-electron chi connectivity index (χ4n) is 2.40. The number of benzene rings is 1. The van der Waals surface area contributed by atoms with Crippen molar-refractivity contribution in [2.45, 2.75) is 25.2 Å². The first-order valence-electron chi connectivity index (χ1n) is 6.61. The first-order chi connectivity index (χ1) is 9.24. The fraction of sp³-hybridized carbons (Fsp3) is 0.250. The summed E-state index contributed by atoms with van der Waals surface area (Å²) in [6, 6.07) is 13.8. The lowest BCUT2D eigenvalue weighted by Crippen LogP contribution is -2.13. The van der Waals surface area contributed by atoms with Gasteiger partial charge >= 0.3 is 0 Å². The Bertz CT molecular complexity index is 600. The maximum Gasteiger partial charge on any atom is 0.267 e. The molecule has 1 aliphatic carbocycles. The summed E-state index contributed by atoms with van der Waals surface area (Å²) < 4.78 is 0. The second-order valence-corrected chi connectivity index (χ2v) is 5.02. The summed E-state index contributed by atoms with van der Waals surface area (Å²) in [5.74, 6) is 0.243. The smallest absolute Gasteiger partial charge is 0.267 e. The van der Waals surface area contributed by atoms with E-state index in [-0.39, 0.29) is 0 Å². The SMILES string of the molecule is NC(=O)c1cccc(-c2ccc(C3CCC3)cc2)n1. The number of amides is 1. The summed E-state index contributed by atoms with van der Waals surface area (Å²) in [7, 11) is 0. The Morgan fingerprint density at radius 3 is 2.42 bits per heavy atom. The van der Waals surface area contributed by atoms with Crippen LogP contribution in [0.15, 0.2) is 42.5 Å². The second kappa shape index (κ2) is 4.84. The third kappa shape index (κ3) is 2.36. The number of pyridine rings is 1. The molecule has 2 N–H and O–H groups in total. The summed E-state index contributed by atoms with van der Waals surface area (Å²) >= 11 is 0. The van der Waals surface area contributed by atoms with E-state index in [2.05, 4.69) is 29.2 Å². The molecule has 2 aromatic rings. The molecule has 19 heavy (non-hydrogen) atoms. The summed E-state index contributed by atoms with van der Waals surface area (Å²) in [5.41, 5.74) is 8.77. The van der Waals surface area contributed by atoms with Crippen LogP contribution in [0.4, 0.5) is 0 Å². The number of nitrogens with zero attached hydrogens (tertiary/aromatic N) is 1. The molecular weight excluding hydrogens is 236 g/mol. The lowest BCUT2D eigenvalue weighted by molar-refractivity contribution is 0.0995. The van der Waals surface area contributed by atoms with E-state index in [1.165, 1.54) is 24.8 Å². The lowest BCUT2D eigenvalue weighted by Gasteiger charge is -2.25. The first-order valence-corrected chi connectivity index (χ1v) is 6.61. The van der Waals surface area contributed by atoms with Gasteiger partial charge in [-0.15, -0.1) is 0 Å². The second-order valence-electron chi connectivity index (χ2n) is 5.02. The Hall–Kier alpha value is -2.16. The summed E-state index contributed by atoms with van der Waals surface area (Å²) in [6.45, 7) is 0. The quantitative estimate of drug-likeness (QED) is 0.912. The Morgan fingerprint density at radius 1 is 1.11 bits per heavy atom. The van der Waals surface area contributed by atoms with Crippen LogP contribution in [0.5, 0.6) is 0 Å². The van der Waals surface area contributed by atoms with Gasteiger partial charge in [-0.05, 0) is 36.5 Å². The highest BCUT2D eigenvalue weighted by molar-refractivity contribution is 5.91. The van der Waals surface area contributed by atoms with E-state index in [1.54, 1.807) is 6.07 Å². The monoisotopic (exact) mass is 252 g/mol. The van der Waals surface area contributed by atoms with Crippen LogP contribution in [0.2, 0.25) is 0 Å². The maximum absolute atomic E-state index is 11.1. The van der Waals surface area contributed by atoms with Gasteiger partial charge in [0.25, 0.3) is 5.91 Å². The standard InChI is InChI=1S/C16H16N2O/c17-16(19)15-6-2-5-14(18-15)13-9-7-12(8-10-13)11-3-1-4-11/h2,5-11H,1,3-4H2,(H2,17,19). The molecule has 96 valence electrons. The van der Waals surface area contributed by atoms with Crippen molar-refractivity contribution in [3.05, 3.63) is 53.7 Å². The minimum atomic E-state index is -0.493. The predicted molar refractivity (Wildman–Crippen MR) is 74.8 cm³/mol. The maximum atomic E-state index is 11.1. The minimum absolute atomic E-state index is 0.306. The fourth-order valence-corrected chi connectivity index (χ4v) is 2.40. The van der Waals surface area contributed by atoms with E-state index in [0.29, 0.717) is 5.69 Å². The van der Waals surface area contributed by atoms with Crippen LogP contribution in [0.25, 0.3) is 11.3 Å². The number of rotatable bonds is 3. The van der Waals surface area contributed by atoms with Crippen molar-refractivity contribution in [1.29, 1.82) is 0 Å². The predicted octanol–water partition coefficient (Wildman–Crippen LogP) is 3.12. The molecule has 0 saturated heterocycles. The molecule has 1 amide bonds. The van der Waals surface area contributed by atoms with Gasteiger partial charge in [0.1, 0.15) is 5.69 Å². The molecule has 3 rings (SSSR count). The topological polar surface area (TPSA) is 56.0 Å². The van der Waals surface area contributed by atoms with Gasteiger partial charge in [0.15, 0.2) is 0 Å². The van der Waals surface area contributed by atoms with Crippen LogP contribution in [0.1, 0.15) is 41.2 Å². The molecule has 1 aromatic carbocycles. The Morgan fingerprint density at radius 2 is 1.84 bits per heavy atom. The minimum Gasteiger partial charge on any atom is -0.364 e. The van der Waals surface area contributed by atoms with Crippen LogP contribution < -0.4 is 5.73 Å². The first kappa shape index (κ1) is 11.9. The van der Waals surface area contributed by atoms with Crippen molar-refractivity contribution < 1.29 is 4.79 Å². The summed E-state index contributed by atoms with van der Waals surface area (Å²) in [5, 5.41) is 0. The zero-order chi connectivity index (χ0) is 13.2. The molecule has 3 nitrogen and oxygen atoms in total. The number of primary amides is 1. The molecule has 0 atom stereocenters. The van der Waals surface area contributed by atoms with Crippen molar-refractivity contribution in [3.63, 3.8) is 0 Å². The van der Waals surface area contributed by atoms with E-state index < -0.39 is 5.91 Å². The van der Waals surface area contributed by atoms with E-state index in [4.69, 9.17) is 5.73 Å². The van der Waals surface area contributed by atoms with Gasteiger partial charge in [-0.1, -0.05) is 36.8 Å². The van der Waals surface area contributed by atoms with E-state index in [1.807, 2.05) is 12.1 Å². The van der Waals surface area contributed by atoms with Crippen LogP contribution in [0, 0.1) is 0 Å². The number of aromatic nitrogens is 1. The molecule has 1 aromatic heterocycles. The molecule has 0 spiro atoms. The number of hydrogen-bond donors (Lipinski definition) is 1. The molecule has 1 aliphatic rings. The molecule has 3 heteroatoms. The zero-order valence-electron chi connectivity index (χ0n) is 10.7. The largest absolute Gasteiger partial charge is 0.364 e. The van der Waals surface area contributed by atoms with Crippen LogP contribution in [-0.4, -0.2) is 10.9 Å². The van der Waals surface area contributed by atoms with Crippen molar-refractivity contribution in [3.8, 4) is 11.3 Å². The number of hydrogen-bond acceptors (Lipinski definition) is 2. The van der Waals surface area contributed by atoms with E-state index >= 15 is 0 Å². The summed E-state index contributed by atoms with van der Waals surface area (Å²) in [6.07, 6.45) is 3.94. The van der Waals surface area contributed by atoms with Crippen molar-refractivity contribution >= 4 is 5.91 Å². The molecule has 1 saturated carbocycles. The third-order valence-corrected chi connectivity index (χ3v) is 3.78. The van der Waals surface area contributed by atoms with Gasteiger partial charge in [-0.3, -0.25) is 4.79 Å². The highest BCUT2D eigenvalue weighted by Gasteiger charge is 2.19.